The fraction of sp³-hybridized carbons (Fsp3) is 0.292. The molecule has 0 aliphatic carbocycles. The van der Waals surface area contributed by atoms with E-state index in [9.17, 15) is 18.0 Å². The molecule has 1 amide bonds. The lowest BCUT2D eigenvalue weighted by Crippen LogP contribution is -2.35. The van der Waals surface area contributed by atoms with Crippen LogP contribution in [0.1, 0.15) is 51.7 Å². The van der Waals surface area contributed by atoms with Gasteiger partial charge >= 0.3 is 6.18 Å². The second kappa shape index (κ2) is 8.64. The first kappa shape index (κ1) is 22.8. The summed E-state index contributed by atoms with van der Waals surface area (Å²) in [7, 11) is 0. The number of alkyl halides is 3. The summed E-state index contributed by atoms with van der Waals surface area (Å²) in [6.45, 7) is 4.11. The van der Waals surface area contributed by atoms with Crippen molar-refractivity contribution in [3.63, 3.8) is 0 Å². The summed E-state index contributed by atoms with van der Waals surface area (Å²) in [5.74, 6) is -0.136. The number of halogens is 3. The van der Waals surface area contributed by atoms with Crippen LogP contribution in [0.2, 0.25) is 0 Å². The molecule has 0 saturated carbocycles. The highest BCUT2D eigenvalue weighted by Gasteiger charge is 2.47. The topological polar surface area (TPSA) is 89.9 Å². The van der Waals surface area contributed by atoms with Crippen LogP contribution < -0.4 is 10.6 Å². The maximum absolute atomic E-state index is 13.8. The SMILES string of the molecule is Cc1nn(Cc2ccccc2)c(C)c1NC(=O)c1cc2n(n1)C(C(F)(F)F)CC(c1ccco1)N2. The van der Waals surface area contributed by atoms with Crippen LogP contribution in [0.4, 0.5) is 24.7 Å². The van der Waals surface area contributed by atoms with E-state index in [2.05, 4.69) is 20.8 Å². The van der Waals surface area contributed by atoms with E-state index in [1.807, 2.05) is 37.3 Å². The van der Waals surface area contributed by atoms with Crippen molar-refractivity contribution in [2.75, 3.05) is 10.6 Å². The number of carbonyl (C=O) groups excluding carboxylic acids is 1. The Kier molecular flexibility index (Phi) is 5.62. The monoisotopic (exact) mass is 484 g/mol. The number of hydrogen-bond acceptors (Lipinski definition) is 5. The van der Waals surface area contributed by atoms with E-state index in [1.54, 1.807) is 23.7 Å². The molecule has 8 nitrogen and oxygen atoms in total. The van der Waals surface area contributed by atoms with Gasteiger partial charge in [0.15, 0.2) is 11.7 Å². The molecule has 11 heteroatoms. The van der Waals surface area contributed by atoms with Gasteiger partial charge in [0.25, 0.3) is 5.91 Å². The van der Waals surface area contributed by atoms with Crippen LogP contribution in [-0.4, -0.2) is 31.6 Å². The minimum Gasteiger partial charge on any atom is -0.467 e. The van der Waals surface area contributed by atoms with E-state index < -0.39 is 24.2 Å². The lowest BCUT2D eigenvalue weighted by molar-refractivity contribution is -0.174. The largest absolute Gasteiger partial charge is 0.467 e. The summed E-state index contributed by atoms with van der Waals surface area (Å²) in [6.07, 6.45) is -3.45. The van der Waals surface area contributed by atoms with Crippen molar-refractivity contribution in [3.05, 3.63) is 83.2 Å². The molecule has 4 aromatic rings. The summed E-state index contributed by atoms with van der Waals surface area (Å²) in [6, 6.07) is 11.7. The van der Waals surface area contributed by atoms with Crippen LogP contribution in [-0.2, 0) is 6.54 Å². The molecule has 2 atom stereocenters. The van der Waals surface area contributed by atoms with Gasteiger partial charge in [0, 0.05) is 12.5 Å². The Morgan fingerprint density at radius 1 is 1.17 bits per heavy atom. The third kappa shape index (κ3) is 4.41. The minimum atomic E-state index is -4.55. The van der Waals surface area contributed by atoms with Crippen molar-refractivity contribution in [1.29, 1.82) is 0 Å². The number of anilines is 2. The van der Waals surface area contributed by atoms with E-state index in [1.165, 1.54) is 12.3 Å². The van der Waals surface area contributed by atoms with Crippen molar-refractivity contribution < 1.29 is 22.4 Å². The highest BCUT2D eigenvalue weighted by Crippen LogP contribution is 2.43. The second-order valence-corrected chi connectivity index (χ2v) is 8.51. The van der Waals surface area contributed by atoms with Crippen molar-refractivity contribution in [2.24, 2.45) is 0 Å². The molecule has 2 N–H and O–H groups in total. The predicted octanol–water partition coefficient (Wildman–Crippen LogP) is 5.25. The average Bonchev–Trinajstić information content (AvgIpc) is 3.55. The first-order valence-electron chi connectivity index (χ1n) is 11.1. The third-order valence-corrected chi connectivity index (χ3v) is 6.10. The quantitative estimate of drug-likeness (QED) is 0.404. The highest BCUT2D eigenvalue weighted by atomic mass is 19.4. The number of benzene rings is 1. The molecule has 182 valence electrons. The first-order valence-corrected chi connectivity index (χ1v) is 11.1. The van der Waals surface area contributed by atoms with Crippen molar-refractivity contribution >= 4 is 17.4 Å². The van der Waals surface area contributed by atoms with Crippen LogP contribution in [0, 0.1) is 13.8 Å². The number of rotatable bonds is 5. The van der Waals surface area contributed by atoms with Crippen molar-refractivity contribution in [1.82, 2.24) is 19.6 Å². The van der Waals surface area contributed by atoms with Gasteiger partial charge in [-0.3, -0.25) is 9.48 Å². The number of fused-ring (bicyclic) bond motifs is 1. The van der Waals surface area contributed by atoms with Crippen LogP contribution in [0.5, 0.6) is 0 Å². The number of aromatic nitrogens is 4. The van der Waals surface area contributed by atoms with Gasteiger partial charge in [-0.15, -0.1) is 0 Å². The zero-order valence-electron chi connectivity index (χ0n) is 19.0. The van der Waals surface area contributed by atoms with Gasteiger partial charge in [-0.1, -0.05) is 30.3 Å². The number of carbonyl (C=O) groups is 1. The molecule has 0 saturated heterocycles. The molecule has 0 fully saturated rings. The third-order valence-electron chi connectivity index (χ3n) is 6.10. The Hall–Kier alpha value is -4.02. The molecule has 35 heavy (non-hydrogen) atoms. The number of nitrogens with one attached hydrogen (secondary N) is 2. The van der Waals surface area contributed by atoms with E-state index in [0.29, 0.717) is 23.7 Å². The number of amides is 1. The highest BCUT2D eigenvalue weighted by molar-refractivity contribution is 6.04. The number of hydrogen-bond donors (Lipinski definition) is 2. The van der Waals surface area contributed by atoms with Crippen LogP contribution in [0.25, 0.3) is 0 Å². The van der Waals surface area contributed by atoms with Crippen LogP contribution >= 0.6 is 0 Å². The summed E-state index contributed by atoms with van der Waals surface area (Å²) >= 11 is 0. The number of furan rings is 1. The average molecular weight is 484 g/mol. The zero-order valence-corrected chi connectivity index (χ0v) is 19.0. The first-order chi connectivity index (χ1) is 16.7. The van der Waals surface area contributed by atoms with Gasteiger partial charge < -0.3 is 15.1 Å². The molecule has 5 rings (SSSR count). The lowest BCUT2D eigenvalue weighted by atomic mass is 10.0. The van der Waals surface area contributed by atoms with Gasteiger partial charge in [0.2, 0.25) is 0 Å². The molecule has 0 bridgehead atoms. The molecular formula is C24H23F3N6O2. The second-order valence-electron chi connectivity index (χ2n) is 8.51. The fourth-order valence-corrected chi connectivity index (χ4v) is 4.33. The lowest BCUT2D eigenvalue weighted by Gasteiger charge is -2.32. The maximum atomic E-state index is 13.8. The molecule has 1 aromatic carbocycles. The fourth-order valence-electron chi connectivity index (χ4n) is 4.33. The van der Waals surface area contributed by atoms with Gasteiger partial charge in [0.05, 0.1) is 35.9 Å². The Balaban J connectivity index is 1.40. The molecule has 3 aromatic heterocycles. The smallest absolute Gasteiger partial charge is 0.410 e. The molecule has 0 radical (unpaired) electrons. The standard InChI is InChI=1S/C24H23F3N6O2/c1-14-22(15(2)32(30-14)13-16-7-4-3-5-8-16)29-23(34)18-12-21-28-17(19-9-6-10-35-19)11-20(24(25,26)27)33(21)31-18/h3-10,12,17,20,28H,11,13H2,1-2H3,(H,29,34). The Labute approximate surface area is 198 Å². The van der Waals surface area contributed by atoms with Crippen LogP contribution in [0.15, 0.2) is 59.2 Å². The van der Waals surface area contributed by atoms with Crippen LogP contribution in [0.3, 0.4) is 0 Å². The zero-order chi connectivity index (χ0) is 24.7. The van der Waals surface area contributed by atoms with Gasteiger partial charge in [-0.2, -0.15) is 23.4 Å². The normalized spacial score (nSPS) is 17.6. The molecule has 1 aliphatic rings. The van der Waals surface area contributed by atoms with Crippen molar-refractivity contribution in [2.45, 2.75) is 45.1 Å². The maximum Gasteiger partial charge on any atom is 0.410 e. The number of aryl methyl sites for hydroxylation is 1. The number of nitrogens with zero attached hydrogens (tertiary/aromatic N) is 4. The van der Waals surface area contributed by atoms with E-state index in [-0.39, 0.29) is 17.9 Å². The van der Waals surface area contributed by atoms with Crippen molar-refractivity contribution in [3.8, 4) is 0 Å². The van der Waals surface area contributed by atoms with E-state index in [4.69, 9.17) is 4.42 Å². The Morgan fingerprint density at radius 3 is 2.63 bits per heavy atom. The summed E-state index contributed by atoms with van der Waals surface area (Å²) < 4.78 is 49.5. The molecule has 2 unspecified atom stereocenters. The Morgan fingerprint density at radius 2 is 1.94 bits per heavy atom. The summed E-state index contributed by atoms with van der Waals surface area (Å²) in [5.41, 5.74) is 2.75. The molecule has 1 aliphatic heterocycles. The molecule has 0 spiro atoms. The predicted molar refractivity (Wildman–Crippen MR) is 122 cm³/mol. The molecule has 4 heterocycles. The van der Waals surface area contributed by atoms with E-state index >= 15 is 0 Å². The van der Waals surface area contributed by atoms with Gasteiger partial charge in [0.1, 0.15) is 11.6 Å². The molecular weight excluding hydrogens is 461 g/mol. The van der Waals surface area contributed by atoms with Gasteiger partial charge in [-0.05, 0) is 31.5 Å². The minimum absolute atomic E-state index is 0.0957. The van der Waals surface area contributed by atoms with E-state index in [0.717, 1.165) is 15.9 Å². The summed E-state index contributed by atoms with van der Waals surface area (Å²) in [4.78, 5) is 13.0. The summed E-state index contributed by atoms with van der Waals surface area (Å²) in [5, 5.41) is 14.3. The van der Waals surface area contributed by atoms with Gasteiger partial charge in [-0.25, -0.2) is 4.68 Å². The Bertz CT molecular complexity index is 1340.